The number of pyridine rings is 1. The molecule has 0 aliphatic heterocycles. The van der Waals surface area contributed by atoms with Gasteiger partial charge in [-0.1, -0.05) is 61.7 Å². The predicted molar refractivity (Wildman–Crippen MR) is 144 cm³/mol. The molecule has 2 heterocycles. The summed E-state index contributed by atoms with van der Waals surface area (Å²) < 4.78 is 3.28. The Morgan fingerprint density at radius 3 is 2.42 bits per heavy atom. The maximum absolute atomic E-state index is 13.2. The molecule has 6 heteroatoms. The van der Waals surface area contributed by atoms with Gasteiger partial charge in [-0.2, -0.15) is 0 Å². The molecule has 0 radical (unpaired) electrons. The van der Waals surface area contributed by atoms with Crippen molar-refractivity contribution in [2.24, 2.45) is 7.05 Å². The van der Waals surface area contributed by atoms with E-state index in [2.05, 4.69) is 11.1 Å². The van der Waals surface area contributed by atoms with E-state index in [1.54, 1.807) is 16.4 Å². The van der Waals surface area contributed by atoms with Crippen LogP contribution < -0.4 is 11.3 Å². The third kappa shape index (κ3) is 4.51. The molecule has 1 fully saturated rings. The largest absolute Gasteiger partial charge is 0.383 e. The monoisotopic (exact) mass is 480 g/mol. The Kier molecular flexibility index (Phi) is 6.59. The minimum absolute atomic E-state index is 0.158. The zero-order chi connectivity index (χ0) is 25.2. The SMILES string of the molecule is Cc1c(C(=O)Cc2ccc(-c3cc(C4CCCCC4)cnc3N)cc2)c(=O)n(-c2ccccc2)n1C. The van der Waals surface area contributed by atoms with Gasteiger partial charge in [0.05, 0.1) is 5.69 Å². The first-order valence-corrected chi connectivity index (χ1v) is 12.7. The molecule has 4 aromatic rings. The van der Waals surface area contributed by atoms with Crippen LogP contribution in [0.1, 0.15) is 65.2 Å². The molecule has 184 valence electrons. The summed E-state index contributed by atoms with van der Waals surface area (Å²) in [5.41, 5.74) is 11.6. The number of aromatic nitrogens is 3. The van der Waals surface area contributed by atoms with E-state index in [0.29, 0.717) is 17.4 Å². The second kappa shape index (κ2) is 9.97. The maximum Gasteiger partial charge on any atom is 0.282 e. The van der Waals surface area contributed by atoms with Crippen LogP contribution in [0.15, 0.2) is 71.7 Å². The van der Waals surface area contributed by atoms with Crippen LogP contribution >= 0.6 is 0 Å². The van der Waals surface area contributed by atoms with Crippen LogP contribution in [-0.4, -0.2) is 20.1 Å². The van der Waals surface area contributed by atoms with Gasteiger partial charge in [0.1, 0.15) is 11.4 Å². The predicted octanol–water partition coefficient (Wildman–Crippen LogP) is 5.60. The number of rotatable bonds is 6. The molecule has 0 bridgehead atoms. The highest BCUT2D eigenvalue weighted by atomic mass is 16.2. The van der Waals surface area contributed by atoms with Gasteiger partial charge in [0.15, 0.2) is 5.78 Å². The summed E-state index contributed by atoms with van der Waals surface area (Å²) in [6, 6.07) is 19.4. The summed E-state index contributed by atoms with van der Waals surface area (Å²) in [5, 5.41) is 0. The van der Waals surface area contributed by atoms with E-state index < -0.39 is 0 Å². The molecule has 0 spiro atoms. The summed E-state index contributed by atoms with van der Waals surface area (Å²) in [4.78, 5) is 30.9. The Morgan fingerprint density at radius 2 is 1.72 bits per heavy atom. The highest BCUT2D eigenvalue weighted by molar-refractivity contribution is 5.98. The molecule has 2 aromatic heterocycles. The standard InChI is InChI=1S/C30H32N4O2/c1-20-28(30(36)34(33(20)2)25-11-7-4-8-12-25)27(35)17-21-13-15-23(16-14-21)26-18-24(19-32-29(26)31)22-9-5-3-6-10-22/h4,7-8,11-16,18-19,22H,3,5-6,9-10,17H2,1-2H3,(H2,31,32). The number of carbonyl (C=O) groups is 1. The zero-order valence-electron chi connectivity index (χ0n) is 20.9. The Hall–Kier alpha value is -3.93. The van der Waals surface area contributed by atoms with Crippen LogP contribution in [0, 0.1) is 6.92 Å². The van der Waals surface area contributed by atoms with Gasteiger partial charge in [-0.05, 0) is 60.6 Å². The number of hydrogen-bond donors (Lipinski definition) is 1. The smallest absolute Gasteiger partial charge is 0.282 e. The van der Waals surface area contributed by atoms with Crippen molar-refractivity contribution in [1.29, 1.82) is 0 Å². The molecular weight excluding hydrogens is 448 g/mol. The van der Waals surface area contributed by atoms with Crippen molar-refractivity contribution in [3.63, 3.8) is 0 Å². The first kappa shape index (κ1) is 23.8. The third-order valence-electron chi connectivity index (χ3n) is 7.48. The molecule has 0 saturated heterocycles. The van der Waals surface area contributed by atoms with Gasteiger partial charge in [0, 0.05) is 30.9 Å². The number of nitrogens with two attached hydrogens (primary N) is 1. The summed E-state index contributed by atoms with van der Waals surface area (Å²) in [6.45, 7) is 1.81. The van der Waals surface area contributed by atoms with Crippen molar-refractivity contribution in [3.05, 3.63) is 99.6 Å². The molecular formula is C30H32N4O2. The lowest BCUT2D eigenvalue weighted by atomic mass is 9.84. The van der Waals surface area contributed by atoms with Crippen LogP contribution in [0.5, 0.6) is 0 Å². The van der Waals surface area contributed by atoms with Crippen LogP contribution in [0.3, 0.4) is 0 Å². The fourth-order valence-corrected chi connectivity index (χ4v) is 5.35. The number of anilines is 1. The topological polar surface area (TPSA) is 82.9 Å². The minimum Gasteiger partial charge on any atom is -0.383 e. The molecule has 0 atom stereocenters. The average molecular weight is 481 g/mol. The van der Waals surface area contributed by atoms with Crippen molar-refractivity contribution in [2.75, 3.05) is 5.73 Å². The van der Waals surface area contributed by atoms with Crippen LogP contribution in [0.25, 0.3) is 16.8 Å². The number of nitrogens with zero attached hydrogens (tertiary/aromatic N) is 3. The zero-order valence-corrected chi connectivity index (χ0v) is 20.9. The van der Waals surface area contributed by atoms with Gasteiger partial charge < -0.3 is 5.73 Å². The molecule has 1 aliphatic carbocycles. The van der Waals surface area contributed by atoms with E-state index in [-0.39, 0.29) is 23.3 Å². The number of Topliss-reactive ketones (excluding diaryl/α,β-unsaturated/α-hetero) is 1. The highest BCUT2D eigenvalue weighted by Crippen LogP contribution is 2.35. The molecule has 1 aliphatic rings. The second-order valence-corrected chi connectivity index (χ2v) is 9.77. The van der Waals surface area contributed by atoms with E-state index in [9.17, 15) is 9.59 Å². The Balaban J connectivity index is 1.38. The number of carbonyl (C=O) groups excluding carboxylic acids is 1. The molecule has 6 nitrogen and oxygen atoms in total. The lowest BCUT2D eigenvalue weighted by molar-refractivity contribution is 0.0991. The van der Waals surface area contributed by atoms with Crippen molar-refractivity contribution < 1.29 is 4.79 Å². The quantitative estimate of drug-likeness (QED) is 0.364. The first-order valence-electron chi connectivity index (χ1n) is 12.7. The Morgan fingerprint density at radius 1 is 1.03 bits per heavy atom. The summed E-state index contributed by atoms with van der Waals surface area (Å²) in [7, 11) is 1.80. The number of hydrogen-bond acceptors (Lipinski definition) is 4. The molecule has 5 rings (SSSR count). The summed E-state index contributed by atoms with van der Waals surface area (Å²) in [6.07, 6.45) is 8.34. The summed E-state index contributed by atoms with van der Waals surface area (Å²) >= 11 is 0. The van der Waals surface area contributed by atoms with Gasteiger partial charge in [-0.3, -0.25) is 14.3 Å². The van der Waals surface area contributed by atoms with E-state index in [0.717, 1.165) is 22.4 Å². The van der Waals surface area contributed by atoms with Crippen molar-refractivity contribution in [1.82, 2.24) is 14.3 Å². The Labute approximate surface area is 211 Å². The minimum atomic E-state index is -0.291. The number of ketones is 1. The van der Waals surface area contributed by atoms with E-state index >= 15 is 0 Å². The van der Waals surface area contributed by atoms with Gasteiger partial charge in [-0.15, -0.1) is 0 Å². The maximum atomic E-state index is 13.2. The third-order valence-corrected chi connectivity index (χ3v) is 7.48. The molecule has 36 heavy (non-hydrogen) atoms. The summed E-state index contributed by atoms with van der Waals surface area (Å²) in [5.74, 6) is 0.882. The molecule has 0 amide bonds. The molecule has 0 unspecified atom stereocenters. The number of benzene rings is 2. The lowest BCUT2D eigenvalue weighted by Crippen LogP contribution is -2.23. The van der Waals surface area contributed by atoms with Crippen LogP contribution in [-0.2, 0) is 13.5 Å². The van der Waals surface area contributed by atoms with Crippen molar-refractivity contribution in [3.8, 4) is 16.8 Å². The van der Waals surface area contributed by atoms with Crippen LogP contribution in [0.2, 0.25) is 0 Å². The fourth-order valence-electron chi connectivity index (χ4n) is 5.35. The normalized spacial score (nSPS) is 14.2. The highest BCUT2D eigenvalue weighted by Gasteiger charge is 2.22. The lowest BCUT2D eigenvalue weighted by Gasteiger charge is -2.22. The molecule has 2 aromatic carbocycles. The van der Waals surface area contributed by atoms with Gasteiger partial charge >= 0.3 is 0 Å². The number of nitrogen functional groups attached to an aromatic ring is 1. The average Bonchev–Trinajstić information content (AvgIpc) is 3.13. The van der Waals surface area contributed by atoms with E-state index in [4.69, 9.17) is 5.73 Å². The van der Waals surface area contributed by atoms with Crippen LogP contribution in [0.4, 0.5) is 5.82 Å². The first-order chi connectivity index (χ1) is 17.4. The Bertz CT molecular complexity index is 1440. The van der Waals surface area contributed by atoms with E-state index in [1.807, 2.05) is 67.7 Å². The second-order valence-electron chi connectivity index (χ2n) is 9.77. The van der Waals surface area contributed by atoms with Gasteiger partial charge in [0.2, 0.25) is 0 Å². The molecule has 2 N–H and O–H groups in total. The van der Waals surface area contributed by atoms with E-state index in [1.165, 1.54) is 37.7 Å². The van der Waals surface area contributed by atoms with Gasteiger partial charge in [-0.25, -0.2) is 9.67 Å². The molecule has 1 saturated carbocycles. The van der Waals surface area contributed by atoms with Crippen molar-refractivity contribution >= 4 is 11.6 Å². The van der Waals surface area contributed by atoms with Gasteiger partial charge in [0.25, 0.3) is 5.56 Å². The fraction of sp³-hybridized carbons (Fsp3) is 0.300. The van der Waals surface area contributed by atoms with Crippen molar-refractivity contribution in [2.45, 2.75) is 51.4 Å². The number of para-hydroxylation sites is 1.